The van der Waals surface area contributed by atoms with E-state index in [0.717, 1.165) is 24.8 Å². The Hall–Kier alpha value is -1.64. The molecule has 3 rings (SSSR count). The van der Waals surface area contributed by atoms with Crippen LogP contribution in [0.3, 0.4) is 0 Å². The van der Waals surface area contributed by atoms with Crippen LogP contribution in [0.15, 0.2) is 18.2 Å². The number of ether oxygens (including phenoxy) is 1. The molecule has 0 amide bonds. The van der Waals surface area contributed by atoms with Crippen molar-refractivity contribution in [1.82, 2.24) is 0 Å². The van der Waals surface area contributed by atoms with Crippen molar-refractivity contribution in [2.24, 2.45) is 28.6 Å². The number of carbonyl (C=O) groups is 2. The summed E-state index contributed by atoms with van der Waals surface area (Å²) in [5, 5.41) is 0. The molecule has 2 aliphatic rings. The van der Waals surface area contributed by atoms with Gasteiger partial charge in [0.2, 0.25) is 0 Å². The lowest BCUT2D eigenvalue weighted by Crippen LogP contribution is -2.56. The molecule has 1 unspecified atom stereocenters. The molecule has 4 atom stereocenters. The number of ketones is 2. The van der Waals surface area contributed by atoms with Crippen LogP contribution in [0.5, 0.6) is 5.75 Å². The smallest absolute Gasteiger partial charge is 0.167 e. The minimum absolute atomic E-state index is 0.103. The van der Waals surface area contributed by atoms with E-state index in [4.69, 9.17) is 4.74 Å². The van der Waals surface area contributed by atoms with Crippen molar-refractivity contribution in [3.8, 4) is 5.75 Å². The first-order chi connectivity index (χ1) is 12.1. The summed E-state index contributed by atoms with van der Waals surface area (Å²) in [5.41, 5.74) is 1.67. The molecular formula is C23H32O3. The molecule has 0 aromatic heterocycles. The summed E-state index contributed by atoms with van der Waals surface area (Å²) in [7, 11) is 1.62. The largest absolute Gasteiger partial charge is 0.497 e. The lowest BCUT2D eigenvalue weighted by Gasteiger charge is -2.57. The fourth-order valence-electron chi connectivity index (χ4n) is 5.91. The summed E-state index contributed by atoms with van der Waals surface area (Å²) in [5.74, 6) is 0.865. The van der Waals surface area contributed by atoms with Gasteiger partial charge >= 0.3 is 0 Å². The molecule has 0 radical (unpaired) electrons. The Labute approximate surface area is 157 Å². The second-order valence-electron chi connectivity index (χ2n) is 9.44. The maximum atomic E-state index is 13.6. The van der Waals surface area contributed by atoms with Gasteiger partial charge in [0.15, 0.2) is 5.78 Å². The van der Waals surface area contributed by atoms with Gasteiger partial charge in [-0.1, -0.05) is 34.1 Å². The minimum atomic E-state index is -0.250. The summed E-state index contributed by atoms with van der Waals surface area (Å²) in [4.78, 5) is 26.5. The zero-order valence-corrected chi connectivity index (χ0v) is 17.0. The van der Waals surface area contributed by atoms with E-state index in [9.17, 15) is 9.59 Å². The highest BCUT2D eigenvalue weighted by atomic mass is 16.5. The molecule has 0 N–H and O–H groups in total. The number of rotatable bonds is 3. The Balaban J connectivity index is 2.07. The standard InChI is InChI=1S/C23H32O3/c1-14-10-16(12-17(11-14)26-6)21(25)20-15(2)18(24)13-19-22(3,4)8-7-9-23(19,20)5/h10-12,15,19-20H,7-9,13H2,1-6H3/t15-,19?,20+,23-/m0/s1. The van der Waals surface area contributed by atoms with Crippen LogP contribution < -0.4 is 4.74 Å². The molecule has 2 fully saturated rings. The maximum Gasteiger partial charge on any atom is 0.167 e. The van der Waals surface area contributed by atoms with Crippen molar-refractivity contribution in [1.29, 1.82) is 0 Å². The maximum absolute atomic E-state index is 13.6. The van der Waals surface area contributed by atoms with Gasteiger partial charge in [0.25, 0.3) is 0 Å². The second kappa shape index (κ2) is 6.51. The molecule has 0 aliphatic heterocycles. The van der Waals surface area contributed by atoms with Crippen molar-refractivity contribution in [2.75, 3.05) is 7.11 Å². The van der Waals surface area contributed by atoms with E-state index in [0.29, 0.717) is 17.7 Å². The first-order valence-corrected chi connectivity index (χ1v) is 9.83. The highest BCUT2D eigenvalue weighted by Gasteiger charge is 2.58. The van der Waals surface area contributed by atoms with E-state index in [1.54, 1.807) is 7.11 Å². The van der Waals surface area contributed by atoms with Crippen LogP contribution in [0.2, 0.25) is 0 Å². The summed E-state index contributed by atoms with van der Waals surface area (Å²) < 4.78 is 5.37. The number of fused-ring (bicyclic) bond motifs is 1. The van der Waals surface area contributed by atoms with Gasteiger partial charge in [0.1, 0.15) is 11.5 Å². The van der Waals surface area contributed by atoms with Gasteiger partial charge in [0, 0.05) is 23.8 Å². The Morgan fingerprint density at radius 3 is 2.50 bits per heavy atom. The Morgan fingerprint density at radius 2 is 1.85 bits per heavy atom. The van der Waals surface area contributed by atoms with Crippen LogP contribution in [-0.2, 0) is 4.79 Å². The average Bonchev–Trinajstić information content (AvgIpc) is 2.56. The quantitative estimate of drug-likeness (QED) is 0.695. The van der Waals surface area contributed by atoms with Crippen LogP contribution in [0, 0.1) is 35.5 Å². The van der Waals surface area contributed by atoms with Crippen molar-refractivity contribution in [3.63, 3.8) is 0 Å². The zero-order valence-electron chi connectivity index (χ0n) is 17.0. The SMILES string of the molecule is COc1cc(C)cc(C(=O)[C@H]2[C@@H](C)C(=O)CC3C(C)(C)CCC[C@@]32C)c1. The molecule has 0 heterocycles. The van der Waals surface area contributed by atoms with Crippen LogP contribution >= 0.6 is 0 Å². The number of Topliss-reactive ketones (excluding diaryl/α,β-unsaturated/α-hetero) is 2. The van der Waals surface area contributed by atoms with Crippen LogP contribution in [-0.4, -0.2) is 18.7 Å². The van der Waals surface area contributed by atoms with Crippen molar-refractivity contribution < 1.29 is 14.3 Å². The van der Waals surface area contributed by atoms with E-state index < -0.39 is 0 Å². The van der Waals surface area contributed by atoms with Gasteiger partial charge in [0.05, 0.1) is 7.11 Å². The van der Waals surface area contributed by atoms with Crippen LogP contribution in [0.4, 0.5) is 0 Å². The van der Waals surface area contributed by atoms with Crippen LogP contribution in [0.1, 0.15) is 69.3 Å². The first kappa shape index (κ1) is 19.1. The van der Waals surface area contributed by atoms with Gasteiger partial charge in [-0.2, -0.15) is 0 Å². The van der Waals surface area contributed by atoms with Crippen molar-refractivity contribution >= 4 is 11.6 Å². The Morgan fingerprint density at radius 1 is 1.15 bits per heavy atom. The fraction of sp³-hybridized carbons (Fsp3) is 0.652. The van der Waals surface area contributed by atoms with Crippen molar-refractivity contribution in [2.45, 2.75) is 60.3 Å². The molecule has 142 valence electrons. The molecule has 0 spiro atoms. The molecule has 0 bridgehead atoms. The molecule has 2 saturated carbocycles. The summed E-state index contributed by atoms with van der Waals surface area (Å²) in [6.45, 7) is 10.7. The van der Waals surface area contributed by atoms with Gasteiger partial charge < -0.3 is 4.74 Å². The number of hydrogen-bond acceptors (Lipinski definition) is 3. The predicted molar refractivity (Wildman–Crippen MR) is 104 cm³/mol. The normalized spacial score (nSPS) is 33.5. The molecule has 2 aliphatic carbocycles. The van der Waals surface area contributed by atoms with Crippen molar-refractivity contribution in [3.05, 3.63) is 29.3 Å². The molecule has 3 nitrogen and oxygen atoms in total. The highest BCUT2D eigenvalue weighted by molar-refractivity contribution is 6.02. The molecule has 1 aromatic carbocycles. The second-order valence-corrected chi connectivity index (χ2v) is 9.44. The topological polar surface area (TPSA) is 43.4 Å². The third-order valence-corrected chi connectivity index (χ3v) is 7.25. The average molecular weight is 357 g/mol. The number of benzene rings is 1. The molecule has 1 aromatic rings. The summed E-state index contributed by atoms with van der Waals surface area (Å²) >= 11 is 0. The minimum Gasteiger partial charge on any atom is -0.497 e. The third-order valence-electron chi connectivity index (χ3n) is 7.25. The highest BCUT2D eigenvalue weighted by Crippen LogP contribution is 2.60. The van der Waals surface area contributed by atoms with E-state index in [1.165, 1.54) is 0 Å². The monoisotopic (exact) mass is 356 g/mol. The van der Waals surface area contributed by atoms with E-state index in [-0.39, 0.29) is 40.2 Å². The summed E-state index contributed by atoms with van der Waals surface area (Å²) in [6.07, 6.45) is 3.90. The zero-order chi connectivity index (χ0) is 19.3. The Bertz CT molecular complexity index is 733. The first-order valence-electron chi connectivity index (χ1n) is 9.83. The number of carbonyl (C=O) groups excluding carboxylic acids is 2. The lowest BCUT2D eigenvalue weighted by atomic mass is 9.45. The van der Waals surface area contributed by atoms with Gasteiger partial charge in [-0.3, -0.25) is 9.59 Å². The van der Waals surface area contributed by atoms with E-state index in [2.05, 4.69) is 20.8 Å². The third kappa shape index (κ3) is 3.00. The van der Waals surface area contributed by atoms with E-state index in [1.807, 2.05) is 32.0 Å². The molecular weight excluding hydrogens is 324 g/mol. The number of aryl methyl sites for hydroxylation is 1. The van der Waals surface area contributed by atoms with E-state index >= 15 is 0 Å². The predicted octanol–water partition coefficient (Wildman–Crippen LogP) is 5.24. The summed E-state index contributed by atoms with van der Waals surface area (Å²) in [6, 6.07) is 5.69. The van der Waals surface area contributed by atoms with Gasteiger partial charge in [-0.25, -0.2) is 0 Å². The Kier molecular flexibility index (Phi) is 4.79. The number of hydrogen-bond donors (Lipinski definition) is 0. The van der Waals surface area contributed by atoms with Gasteiger partial charge in [-0.15, -0.1) is 0 Å². The molecule has 26 heavy (non-hydrogen) atoms. The molecule has 0 saturated heterocycles. The molecule has 3 heteroatoms. The van der Waals surface area contributed by atoms with Crippen LogP contribution in [0.25, 0.3) is 0 Å². The number of methoxy groups -OCH3 is 1. The fourth-order valence-corrected chi connectivity index (χ4v) is 5.91. The van der Waals surface area contributed by atoms with Gasteiger partial charge in [-0.05, 0) is 60.3 Å². The lowest BCUT2D eigenvalue weighted by molar-refractivity contribution is -0.143.